The third-order valence-electron chi connectivity index (χ3n) is 1.90. The Bertz CT molecular complexity index is 381. The Balaban J connectivity index is 3.09. The number of rotatable bonds is 3. The van der Waals surface area contributed by atoms with Crippen LogP contribution in [0.1, 0.15) is 6.92 Å². The molecule has 0 saturated carbocycles. The first-order valence-electron chi connectivity index (χ1n) is 4.29. The number of anilines is 1. The predicted molar refractivity (Wildman–Crippen MR) is 60.2 cm³/mol. The van der Waals surface area contributed by atoms with E-state index in [0.717, 1.165) is 9.37 Å². The first-order valence-corrected chi connectivity index (χ1v) is 5.08. The summed E-state index contributed by atoms with van der Waals surface area (Å²) in [7, 11) is 0. The minimum atomic E-state index is -1.15. The lowest BCUT2D eigenvalue weighted by atomic mass is 10.2. The van der Waals surface area contributed by atoms with Crippen LogP contribution in [0.15, 0.2) is 28.7 Å². The van der Waals surface area contributed by atoms with Crippen molar-refractivity contribution in [2.45, 2.75) is 13.0 Å². The van der Waals surface area contributed by atoms with Crippen molar-refractivity contribution in [1.29, 1.82) is 0 Å². The molecular formula is C10H10BrNO3. The molecule has 0 aliphatic rings. The van der Waals surface area contributed by atoms with E-state index in [1.54, 1.807) is 24.3 Å². The van der Waals surface area contributed by atoms with Crippen molar-refractivity contribution in [3.63, 3.8) is 0 Å². The van der Waals surface area contributed by atoms with Crippen molar-refractivity contribution < 1.29 is 14.7 Å². The summed E-state index contributed by atoms with van der Waals surface area (Å²) >= 11 is 3.24. The van der Waals surface area contributed by atoms with Crippen LogP contribution in [0.5, 0.6) is 0 Å². The zero-order valence-corrected chi connectivity index (χ0v) is 9.64. The second-order valence-electron chi connectivity index (χ2n) is 3.01. The number of benzene rings is 1. The molecule has 0 spiro atoms. The highest BCUT2D eigenvalue weighted by Gasteiger charge is 2.20. The fourth-order valence-electron chi connectivity index (χ4n) is 1.21. The fraction of sp³-hybridized carbons (Fsp3) is 0.200. The van der Waals surface area contributed by atoms with Gasteiger partial charge in [-0.2, -0.15) is 0 Å². The third kappa shape index (κ3) is 2.79. The molecule has 1 rings (SSSR count). The zero-order chi connectivity index (χ0) is 11.4. The maximum absolute atomic E-state index is 11.0. The van der Waals surface area contributed by atoms with E-state index in [1.165, 1.54) is 6.92 Å². The van der Waals surface area contributed by atoms with Gasteiger partial charge in [-0.05, 0) is 25.1 Å². The van der Waals surface area contributed by atoms with Gasteiger partial charge in [-0.15, -0.1) is 0 Å². The molecule has 0 saturated heterocycles. The van der Waals surface area contributed by atoms with E-state index in [1.807, 2.05) is 0 Å². The van der Waals surface area contributed by atoms with Crippen LogP contribution in [0.25, 0.3) is 0 Å². The number of aldehydes is 1. The smallest absolute Gasteiger partial charge is 0.412 e. The van der Waals surface area contributed by atoms with Gasteiger partial charge in [-0.3, -0.25) is 4.90 Å². The van der Waals surface area contributed by atoms with E-state index >= 15 is 0 Å². The molecule has 1 atom stereocenters. The molecule has 0 bridgehead atoms. The van der Waals surface area contributed by atoms with Gasteiger partial charge in [0.25, 0.3) is 0 Å². The minimum Gasteiger partial charge on any atom is -0.465 e. The van der Waals surface area contributed by atoms with Crippen molar-refractivity contribution >= 4 is 34.0 Å². The summed E-state index contributed by atoms with van der Waals surface area (Å²) in [4.78, 5) is 22.6. The van der Waals surface area contributed by atoms with Crippen LogP contribution in [0.3, 0.4) is 0 Å². The first kappa shape index (κ1) is 11.7. The molecule has 1 N–H and O–H groups in total. The number of carbonyl (C=O) groups excluding carboxylic acids is 1. The Morgan fingerprint density at radius 2 is 2.27 bits per heavy atom. The largest absolute Gasteiger partial charge is 0.465 e. The van der Waals surface area contributed by atoms with Crippen LogP contribution in [0, 0.1) is 0 Å². The molecule has 0 aromatic heterocycles. The lowest BCUT2D eigenvalue weighted by molar-refractivity contribution is -0.108. The molecule has 5 heteroatoms. The Labute approximate surface area is 95.6 Å². The summed E-state index contributed by atoms with van der Waals surface area (Å²) in [6.07, 6.45) is -0.553. The van der Waals surface area contributed by atoms with Gasteiger partial charge >= 0.3 is 6.09 Å². The predicted octanol–water partition coefficient (Wildman–Crippen LogP) is 2.52. The van der Waals surface area contributed by atoms with Gasteiger partial charge in [-0.1, -0.05) is 22.0 Å². The van der Waals surface area contributed by atoms with Gasteiger partial charge < -0.3 is 9.90 Å². The normalized spacial score (nSPS) is 11.9. The van der Waals surface area contributed by atoms with E-state index in [-0.39, 0.29) is 0 Å². The summed E-state index contributed by atoms with van der Waals surface area (Å²) in [5, 5.41) is 8.97. The van der Waals surface area contributed by atoms with Crippen molar-refractivity contribution in [2.24, 2.45) is 0 Å². The highest BCUT2D eigenvalue weighted by Crippen LogP contribution is 2.21. The molecule has 0 aliphatic carbocycles. The van der Waals surface area contributed by atoms with E-state index < -0.39 is 12.1 Å². The Morgan fingerprint density at radius 1 is 1.60 bits per heavy atom. The van der Waals surface area contributed by atoms with Crippen LogP contribution in [0.4, 0.5) is 10.5 Å². The maximum Gasteiger partial charge on any atom is 0.412 e. The number of hydrogen-bond donors (Lipinski definition) is 1. The molecule has 15 heavy (non-hydrogen) atoms. The summed E-state index contributed by atoms with van der Waals surface area (Å²) in [6.45, 7) is 1.53. The van der Waals surface area contributed by atoms with Crippen molar-refractivity contribution in [2.75, 3.05) is 4.90 Å². The quantitative estimate of drug-likeness (QED) is 0.860. The van der Waals surface area contributed by atoms with Crippen molar-refractivity contribution in [1.82, 2.24) is 0 Å². The average Bonchev–Trinajstić information content (AvgIpc) is 2.17. The number of nitrogens with zero attached hydrogens (tertiary/aromatic N) is 1. The van der Waals surface area contributed by atoms with Crippen LogP contribution in [-0.2, 0) is 4.79 Å². The number of hydrogen-bond acceptors (Lipinski definition) is 2. The molecule has 4 nitrogen and oxygen atoms in total. The van der Waals surface area contributed by atoms with Gasteiger partial charge in [-0.25, -0.2) is 4.79 Å². The molecule has 80 valence electrons. The van der Waals surface area contributed by atoms with Crippen LogP contribution in [0.2, 0.25) is 0 Å². The van der Waals surface area contributed by atoms with Crippen LogP contribution < -0.4 is 4.90 Å². The molecule has 0 fully saturated rings. The molecular weight excluding hydrogens is 262 g/mol. The van der Waals surface area contributed by atoms with E-state index in [4.69, 9.17) is 5.11 Å². The molecule has 1 aromatic rings. The number of halogens is 1. The minimum absolute atomic E-state index is 0.469. The van der Waals surface area contributed by atoms with Crippen LogP contribution >= 0.6 is 15.9 Å². The van der Waals surface area contributed by atoms with E-state index in [0.29, 0.717) is 12.0 Å². The Hall–Kier alpha value is -1.36. The number of amides is 1. The van der Waals surface area contributed by atoms with Crippen molar-refractivity contribution in [3.8, 4) is 0 Å². The standard InChI is InChI=1S/C10H10BrNO3/c1-7(6-13)12(10(14)15)9-4-2-3-8(11)5-9/h2-7H,1H3,(H,14,15). The van der Waals surface area contributed by atoms with Gasteiger partial charge in [0.1, 0.15) is 6.29 Å². The molecule has 0 aliphatic heterocycles. The number of carboxylic acid groups (broad SMARTS) is 1. The third-order valence-corrected chi connectivity index (χ3v) is 2.39. The van der Waals surface area contributed by atoms with Gasteiger partial charge in [0, 0.05) is 10.2 Å². The van der Waals surface area contributed by atoms with E-state index in [9.17, 15) is 9.59 Å². The Morgan fingerprint density at radius 3 is 2.73 bits per heavy atom. The fourth-order valence-corrected chi connectivity index (χ4v) is 1.59. The molecule has 1 unspecified atom stereocenters. The van der Waals surface area contributed by atoms with Gasteiger partial charge in [0.15, 0.2) is 0 Å². The highest BCUT2D eigenvalue weighted by atomic mass is 79.9. The number of carbonyl (C=O) groups is 2. The zero-order valence-electron chi connectivity index (χ0n) is 8.05. The SMILES string of the molecule is CC(C=O)N(C(=O)O)c1cccc(Br)c1. The first-order chi connectivity index (χ1) is 7.06. The Kier molecular flexibility index (Phi) is 3.85. The molecule has 0 radical (unpaired) electrons. The molecule has 1 amide bonds. The lowest BCUT2D eigenvalue weighted by Crippen LogP contribution is -2.38. The van der Waals surface area contributed by atoms with Crippen LogP contribution in [-0.4, -0.2) is 23.5 Å². The summed E-state index contributed by atoms with van der Waals surface area (Å²) in [5.74, 6) is 0. The summed E-state index contributed by atoms with van der Waals surface area (Å²) < 4.78 is 0.768. The highest BCUT2D eigenvalue weighted by molar-refractivity contribution is 9.10. The second-order valence-corrected chi connectivity index (χ2v) is 3.92. The van der Waals surface area contributed by atoms with E-state index in [2.05, 4.69) is 15.9 Å². The molecule has 0 heterocycles. The summed E-state index contributed by atoms with van der Waals surface area (Å²) in [6, 6.07) is 6.09. The van der Waals surface area contributed by atoms with Crippen molar-refractivity contribution in [3.05, 3.63) is 28.7 Å². The lowest BCUT2D eigenvalue weighted by Gasteiger charge is -2.22. The average molecular weight is 272 g/mol. The maximum atomic E-state index is 11.0. The second kappa shape index (κ2) is 4.93. The topological polar surface area (TPSA) is 57.6 Å². The van der Waals surface area contributed by atoms with Gasteiger partial charge in [0.05, 0.1) is 6.04 Å². The summed E-state index contributed by atoms with van der Waals surface area (Å²) in [5.41, 5.74) is 0.469. The monoisotopic (exact) mass is 271 g/mol. The van der Waals surface area contributed by atoms with Gasteiger partial charge in [0.2, 0.25) is 0 Å². The molecule has 1 aromatic carbocycles.